The Morgan fingerprint density at radius 1 is 0.514 bits per heavy atom. The summed E-state index contributed by atoms with van der Waals surface area (Å²) in [4.78, 5) is 0.197. The SMILES string of the molecule is OC([CH](Sc1ccccc1)[Sn]([c]1ccccc1)([c]1ccccc1)[c]1ccccc1)(C(F)(F)F)C(F)(F)F. The van der Waals surface area contributed by atoms with E-state index in [4.69, 9.17) is 0 Å². The summed E-state index contributed by atoms with van der Waals surface area (Å²) in [5, 5.41) is 11.1. The van der Waals surface area contributed by atoms with Gasteiger partial charge in [-0.15, -0.1) is 0 Å². The van der Waals surface area contributed by atoms with Crippen LogP contribution in [0.25, 0.3) is 0 Å². The quantitative estimate of drug-likeness (QED) is 0.159. The van der Waals surface area contributed by atoms with Gasteiger partial charge in [-0.25, -0.2) is 0 Å². The van der Waals surface area contributed by atoms with Crippen molar-refractivity contribution in [2.75, 3.05) is 0 Å². The van der Waals surface area contributed by atoms with Crippen LogP contribution in [0, 0.1) is 0 Å². The molecule has 0 aromatic heterocycles. The molecule has 0 bridgehead atoms. The third-order valence-electron chi connectivity index (χ3n) is 6.32. The monoisotopic (exact) mass is 640 g/mol. The van der Waals surface area contributed by atoms with Gasteiger partial charge in [0, 0.05) is 0 Å². The molecule has 0 spiro atoms. The number of hydrogen-bond donors (Lipinski definition) is 1. The molecule has 1 unspecified atom stereocenters. The van der Waals surface area contributed by atoms with Crippen LogP contribution < -0.4 is 10.7 Å². The van der Waals surface area contributed by atoms with E-state index in [1.54, 1.807) is 109 Å². The van der Waals surface area contributed by atoms with E-state index in [1.807, 2.05) is 0 Å². The number of halogens is 6. The summed E-state index contributed by atoms with van der Waals surface area (Å²) in [7, 11) is 0. The average Bonchev–Trinajstić information content (AvgIpc) is 2.89. The third kappa shape index (κ3) is 5.03. The molecule has 4 aromatic carbocycles. The fourth-order valence-corrected chi connectivity index (χ4v) is 25.6. The molecule has 4 rings (SSSR count). The van der Waals surface area contributed by atoms with Crippen molar-refractivity contribution < 1.29 is 31.4 Å². The van der Waals surface area contributed by atoms with Gasteiger partial charge < -0.3 is 0 Å². The molecule has 0 fully saturated rings. The summed E-state index contributed by atoms with van der Waals surface area (Å²) >= 11 is -5.02. The fourth-order valence-electron chi connectivity index (χ4n) is 4.64. The molecule has 0 radical (unpaired) electrons. The standard InChI is InChI=1S/C10H7F6OS.3C6H5.Sn/c11-9(12,13)8(17,10(14,15)16)6-18-7-4-2-1-3-5-7;3*1-2-4-6-5-3-1;/h1-6,17H;3*1-5H;. The Hall–Kier alpha value is -2.43. The maximum atomic E-state index is 14.7. The summed E-state index contributed by atoms with van der Waals surface area (Å²) < 4.78 is 86.9. The molecule has 4 aromatic rings. The predicted octanol–water partition coefficient (Wildman–Crippen LogP) is 5.71. The maximum absolute atomic E-state index is 14.7. The van der Waals surface area contributed by atoms with Crippen LogP contribution in [0.15, 0.2) is 126 Å². The van der Waals surface area contributed by atoms with Gasteiger partial charge in [-0.1, -0.05) is 0 Å². The van der Waals surface area contributed by atoms with Crippen molar-refractivity contribution in [1.29, 1.82) is 0 Å². The van der Waals surface area contributed by atoms with Crippen LogP contribution in [0.2, 0.25) is 0 Å². The van der Waals surface area contributed by atoms with Crippen LogP contribution in [-0.4, -0.2) is 44.7 Å². The fraction of sp³-hybridized carbons (Fsp3) is 0.143. The second kappa shape index (κ2) is 10.7. The van der Waals surface area contributed by atoms with Gasteiger partial charge in [-0.3, -0.25) is 0 Å². The van der Waals surface area contributed by atoms with E-state index >= 15 is 0 Å². The molecule has 0 heterocycles. The van der Waals surface area contributed by atoms with Gasteiger partial charge in [0.15, 0.2) is 0 Å². The zero-order chi connectivity index (χ0) is 26.7. The van der Waals surface area contributed by atoms with Gasteiger partial charge in [0.2, 0.25) is 0 Å². The van der Waals surface area contributed by atoms with Crippen LogP contribution in [0.4, 0.5) is 26.3 Å². The van der Waals surface area contributed by atoms with Crippen LogP contribution >= 0.6 is 11.8 Å². The van der Waals surface area contributed by atoms with Crippen molar-refractivity contribution in [2.45, 2.75) is 26.1 Å². The summed E-state index contributed by atoms with van der Waals surface area (Å²) in [5.74, 6) is 0. The number of alkyl halides is 6. The summed E-state index contributed by atoms with van der Waals surface area (Å²) in [6.07, 6.45) is -12.0. The van der Waals surface area contributed by atoms with E-state index < -0.39 is 39.6 Å². The second-order valence-electron chi connectivity index (χ2n) is 8.48. The molecule has 9 heteroatoms. The minimum atomic E-state index is -6.00. The van der Waals surface area contributed by atoms with Crippen LogP contribution in [0.5, 0.6) is 0 Å². The van der Waals surface area contributed by atoms with Gasteiger partial charge in [-0.05, 0) is 0 Å². The third-order valence-corrected chi connectivity index (χ3v) is 24.9. The summed E-state index contributed by atoms with van der Waals surface area (Å²) in [6.45, 7) is 0. The molecule has 1 atom stereocenters. The topological polar surface area (TPSA) is 20.2 Å². The summed E-state index contributed by atoms with van der Waals surface area (Å²) in [5.41, 5.74) is -5.00. The van der Waals surface area contributed by atoms with Gasteiger partial charge in [-0.2, -0.15) is 0 Å². The minimum absolute atomic E-state index is 0.197. The first-order valence-corrected chi connectivity index (χ1v) is 18.1. The molecular weight excluding hydrogens is 617 g/mol. The molecule has 1 N–H and O–H groups in total. The number of aliphatic hydroxyl groups is 1. The number of rotatable bonds is 7. The first kappa shape index (κ1) is 27.6. The normalized spacial score (nSPS) is 13.8. The van der Waals surface area contributed by atoms with Gasteiger partial charge >= 0.3 is 220 Å². The molecule has 37 heavy (non-hydrogen) atoms. The van der Waals surface area contributed by atoms with Gasteiger partial charge in [0.25, 0.3) is 0 Å². The van der Waals surface area contributed by atoms with Crippen molar-refractivity contribution in [3.63, 3.8) is 0 Å². The number of thioether (sulfide) groups is 1. The van der Waals surface area contributed by atoms with Crippen molar-refractivity contribution >= 4 is 40.9 Å². The Kier molecular flexibility index (Phi) is 8.01. The zero-order valence-corrected chi connectivity index (χ0v) is 22.9. The summed E-state index contributed by atoms with van der Waals surface area (Å²) in [6, 6.07) is 31.8. The van der Waals surface area contributed by atoms with Crippen molar-refractivity contribution in [2.24, 2.45) is 0 Å². The predicted molar refractivity (Wildman–Crippen MR) is 137 cm³/mol. The van der Waals surface area contributed by atoms with Gasteiger partial charge in [0.05, 0.1) is 0 Å². The number of benzene rings is 4. The molecular formula is C28H22F6OSSn. The first-order chi connectivity index (χ1) is 17.5. The average molecular weight is 639 g/mol. The Labute approximate surface area is 219 Å². The molecule has 0 aliphatic heterocycles. The van der Waals surface area contributed by atoms with E-state index in [9.17, 15) is 31.4 Å². The molecule has 192 valence electrons. The van der Waals surface area contributed by atoms with Crippen LogP contribution in [-0.2, 0) is 0 Å². The Morgan fingerprint density at radius 2 is 0.811 bits per heavy atom. The van der Waals surface area contributed by atoms with Crippen LogP contribution in [0.1, 0.15) is 0 Å². The van der Waals surface area contributed by atoms with Crippen molar-refractivity contribution in [3.8, 4) is 0 Å². The molecule has 0 aliphatic rings. The molecule has 0 saturated heterocycles. The van der Waals surface area contributed by atoms with Gasteiger partial charge in [0.1, 0.15) is 0 Å². The molecule has 1 nitrogen and oxygen atoms in total. The van der Waals surface area contributed by atoms with E-state index in [1.165, 1.54) is 12.1 Å². The van der Waals surface area contributed by atoms with Crippen LogP contribution in [0.3, 0.4) is 0 Å². The van der Waals surface area contributed by atoms with E-state index in [-0.39, 0.29) is 4.90 Å². The molecule has 0 amide bonds. The van der Waals surface area contributed by atoms with Crippen molar-refractivity contribution in [3.05, 3.63) is 121 Å². The second-order valence-corrected chi connectivity index (χ2v) is 22.1. The first-order valence-electron chi connectivity index (χ1n) is 11.3. The Bertz CT molecular complexity index is 1170. The zero-order valence-electron chi connectivity index (χ0n) is 19.2. The number of hydrogen-bond acceptors (Lipinski definition) is 2. The van der Waals surface area contributed by atoms with E-state index in [0.717, 1.165) is 0 Å². The molecule has 0 saturated carbocycles. The van der Waals surface area contributed by atoms with E-state index in [0.29, 0.717) is 22.5 Å². The Morgan fingerprint density at radius 3 is 1.11 bits per heavy atom. The molecule has 0 aliphatic carbocycles. The Balaban J connectivity index is 2.21. The van der Waals surface area contributed by atoms with E-state index in [2.05, 4.69) is 0 Å². The van der Waals surface area contributed by atoms with Crippen molar-refractivity contribution in [1.82, 2.24) is 0 Å².